The van der Waals surface area contributed by atoms with Crippen molar-refractivity contribution in [3.63, 3.8) is 0 Å². The highest BCUT2D eigenvalue weighted by molar-refractivity contribution is 7.13. The first-order valence-electron chi connectivity index (χ1n) is 8.32. The summed E-state index contributed by atoms with van der Waals surface area (Å²) in [6, 6.07) is 14.5. The van der Waals surface area contributed by atoms with Gasteiger partial charge in [0.25, 0.3) is 5.91 Å². The number of halogens is 1. The molecule has 0 aliphatic carbocycles. The number of carbonyl (C=O) groups is 2. The Morgan fingerprint density at radius 3 is 2.67 bits per heavy atom. The lowest BCUT2D eigenvalue weighted by atomic mass is 10.1. The molecule has 0 fully saturated rings. The van der Waals surface area contributed by atoms with Gasteiger partial charge >= 0.3 is 0 Å². The third kappa shape index (κ3) is 4.93. The molecular formula is C20H18ClN3O2S. The molecule has 27 heavy (non-hydrogen) atoms. The Morgan fingerprint density at radius 2 is 1.93 bits per heavy atom. The second-order valence-electron chi connectivity index (χ2n) is 6.05. The van der Waals surface area contributed by atoms with Crippen LogP contribution >= 0.6 is 22.9 Å². The Kier molecular flexibility index (Phi) is 5.88. The normalized spacial score (nSPS) is 11.7. The maximum absolute atomic E-state index is 12.5. The van der Waals surface area contributed by atoms with Gasteiger partial charge in [-0.1, -0.05) is 35.9 Å². The van der Waals surface area contributed by atoms with E-state index in [4.69, 9.17) is 11.6 Å². The summed E-state index contributed by atoms with van der Waals surface area (Å²) in [5.74, 6) is -0.392. The SMILES string of the molecule is CC(=O)Nc1cccc(C(C)NC(=O)c2csc(-c3cccc(Cl)c3)n2)c1. The highest BCUT2D eigenvalue weighted by atomic mass is 35.5. The summed E-state index contributed by atoms with van der Waals surface area (Å²) >= 11 is 7.41. The highest BCUT2D eigenvalue weighted by Crippen LogP contribution is 2.26. The quantitative estimate of drug-likeness (QED) is 0.640. The lowest BCUT2D eigenvalue weighted by Gasteiger charge is -2.14. The van der Waals surface area contributed by atoms with Crippen LogP contribution in [0.1, 0.15) is 35.9 Å². The van der Waals surface area contributed by atoms with Gasteiger partial charge in [0.05, 0.1) is 6.04 Å². The fourth-order valence-corrected chi connectivity index (χ4v) is 3.56. The molecule has 1 aromatic heterocycles. The van der Waals surface area contributed by atoms with Gasteiger partial charge in [-0.2, -0.15) is 0 Å². The van der Waals surface area contributed by atoms with Crippen LogP contribution in [0.5, 0.6) is 0 Å². The van der Waals surface area contributed by atoms with Gasteiger partial charge in [0, 0.05) is 28.6 Å². The van der Waals surface area contributed by atoms with Crippen molar-refractivity contribution in [3.8, 4) is 10.6 Å². The summed E-state index contributed by atoms with van der Waals surface area (Å²) < 4.78 is 0. The molecule has 3 rings (SSSR count). The molecule has 0 spiro atoms. The van der Waals surface area contributed by atoms with Crippen LogP contribution in [0.2, 0.25) is 5.02 Å². The van der Waals surface area contributed by atoms with E-state index in [0.717, 1.165) is 16.1 Å². The van der Waals surface area contributed by atoms with Crippen LogP contribution in [0, 0.1) is 0 Å². The number of nitrogens with one attached hydrogen (secondary N) is 2. The summed E-state index contributed by atoms with van der Waals surface area (Å²) in [5.41, 5.74) is 2.82. The first kappa shape index (κ1) is 19.1. The summed E-state index contributed by atoms with van der Waals surface area (Å²) in [6.07, 6.45) is 0. The molecule has 138 valence electrons. The van der Waals surface area contributed by atoms with Crippen LogP contribution in [-0.4, -0.2) is 16.8 Å². The summed E-state index contributed by atoms with van der Waals surface area (Å²) in [7, 11) is 0. The zero-order valence-electron chi connectivity index (χ0n) is 14.8. The van der Waals surface area contributed by atoms with Gasteiger partial charge in [0.15, 0.2) is 0 Å². The van der Waals surface area contributed by atoms with Crippen molar-refractivity contribution < 1.29 is 9.59 Å². The monoisotopic (exact) mass is 399 g/mol. The molecule has 1 unspecified atom stereocenters. The van der Waals surface area contributed by atoms with E-state index in [0.29, 0.717) is 16.4 Å². The average Bonchev–Trinajstić information content (AvgIpc) is 3.11. The van der Waals surface area contributed by atoms with E-state index in [1.165, 1.54) is 18.3 Å². The third-order valence-corrected chi connectivity index (χ3v) is 4.99. The topological polar surface area (TPSA) is 71.1 Å². The smallest absolute Gasteiger partial charge is 0.271 e. The predicted octanol–water partition coefficient (Wildman–Crippen LogP) is 4.91. The third-order valence-electron chi connectivity index (χ3n) is 3.86. The predicted molar refractivity (Wildman–Crippen MR) is 109 cm³/mol. The average molecular weight is 400 g/mol. The maximum Gasteiger partial charge on any atom is 0.271 e. The van der Waals surface area contributed by atoms with Crippen LogP contribution in [0.25, 0.3) is 10.6 Å². The molecule has 7 heteroatoms. The van der Waals surface area contributed by atoms with Gasteiger partial charge < -0.3 is 10.6 Å². The first-order valence-corrected chi connectivity index (χ1v) is 9.58. The van der Waals surface area contributed by atoms with Crippen molar-refractivity contribution in [2.75, 3.05) is 5.32 Å². The molecule has 1 atom stereocenters. The van der Waals surface area contributed by atoms with Gasteiger partial charge in [-0.25, -0.2) is 4.98 Å². The maximum atomic E-state index is 12.5. The minimum atomic E-state index is -0.253. The number of hydrogen-bond donors (Lipinski definition) is 2. The zero-order chi connectivity index (χ0) is 19.4. The Bertz CT molecular complexity index is 987. The second kappa shape index (κ2) is 8.33. The van der Waals surface area contributed by atoms with Crippen molar-refractivity contribution in [3.05, 3.63) is 70.2 Å². The van der Waals surface area contributed by atoms with E-state index < -0.39 is 0 Å². The molecule has 0 bridgehead atoms. The van der Waals surface area contributed by atoms with Gasteiger partial charge in [-0.3, -0.25) is 9.59 Å². The Labute approximate surface area is 166 Å². The molecule has 0 aliphatic heterocycles. The number of nitrogens with zero attached hydrogens (tertiary/aromatic N) is 1. The molecule has 3 aromatic rings. The number of aromatic nitrogens is 1. The molecular weight excluding hydrogens is 382 g/mol. The van der Waals surface area contributed by atoms with E-state index in [9.17, 15) is 9.59 Å². The number of anilines is 1. The van der Waals surface area contributed by atoms with Crippen molar-refractivity contribution in [1.82, 2.24) is 10.3 Å². The van der Waals surface area contributed by atoms with E-state index in [2.05, 4.69) is 15.6 Å². The Hall–Kier alpha value is -2.70. The van der Waals surface area contributed by atoms with E-state index in [1.807, 2.05) is 43.3 Å². The Morgan fingerprint density at radius 1 is 1.15 bits per heavy atom. The van der Waals surface area contributed by atoms with E-state index in [1.54, 1.807) is 17.5 Å². The molecule has 2 N–H and O–H groups in total. The summed E-state index contributed by atoms with van der Waals surface area (Å²) in [5, 5.41) is 8.77. The van der Waals surface area contributed by atoms with E-state index in [-0.39, 0.29) is 17.9 Å². The molecule has 5 nitrogen and oxygen atoms in total. The van der Waals surface area contributed by atoms with Gasteiger partial charge in [-0.15, -0.1) is 11.3 Å². The fourth-order valence-electron chi connectivity index (χ4n) is 2.58. The lowest BCUT2D eigenvalue weighted by Crippen LogP contribution is -2.27. The number of benzene rings is 2. The van der Waals surface area contributed by atoms with Crippen molar-refractivity contribution in [2.24, 2.45) is 0 Å². The molecule has 2 aromatic carbocycles. The number of hydrogen-bond acceptors (Lipinski definition) is 4. The standard InChI is InChI=1S/C20H18ClN3O2S/c1-12(14-5-4-8-17(10-14)23-13(2)25)22-19(26)18-11-27-20(24-18)15-6-3-7-16(21)9-15/h3-12H,1-2H3,(H,22,26)(H,23,25). The van der Waals surface area contributed by atoms with Gasteiger partial charge in [-0.05, 0) is 36.8 Å². The Balaban J connectivity index is 1.71. The van der Waals surface area contributed by atoms with Crippen molar-refractivity contribution in [1.29, 1.82) is 0 Å². The molecule has 0 radical (unpaired) electrons. The molecule has 0 saturated heterocycles. The number of amides is 2. The number of carbonyl (C=O) groups excluding carboxylic acids is 2. The first-order chi connectivity index (χ1) is 12.9. The van der Waals surface area contributed by atoms with Gasteiger partial charge in [0.1, 0.15) is 10.7 Å². The van der Waals surface area contributed by atoms with Crippen molar-refractivity contribution >= 4 is 40.4 Å². The fraction of sp³-hybridized carbons (Fsp3) is 0.150. The van der Waals surface area contributed by atoms with Crippen molar-refractivity contribution in [2.45, 2.75) is 19.9 Å². The number of rotatable bonds is 5. The lowest BCUT2D eigenvalue weighted by molar-refractivity contribution is -0.114. The number of thiazole rings is 1. The van der Waals surface area contributed by atoms with Crippen LogP contribution in [0.15, 0.2) is 53.9 Å². The second-order valence-corrected chi connectivity index (χ2v) is 7.34. The minimum absolute atomic E-state index is 0.139. The molecule has 0 saturated carbocycles. The summed E-state index contributed by atoms with van der Waals surface area (Å²) in [6.45, 7) is 3.34. The molecule has 2 amide bonds. The van der Waals surface area contributed by atoms with Crippen LogP contribution in [0.3, 0.4) is 0 Å². The largest absolute Gasteiger partial charge is 0.344 e. The molecule has 0 aliphatic rings. The highest BCUT2D eigenvalue weighted by Gasteiger charge is 2.16. The van der Waals surface area contributed by atoms with E-state index >= 15 is 0 Å². The zero-order valence-corrected chi connectivity index (χ0v) is 16.4. The molecule has 1 heterocycles. The minimum Gasteiger partial charge on any atom is -0.344 e. The van der Waals surface area contributed by atoms with Crippen LogP contribution < -0.4 is 10.6 Å². The van der Waals surface area contributed by atoms with Crippen LogP contribution in [-0.2, 0) is 4.79 Å². The van der Waals surface area contributed by atoms with Crippen LogP contribution in [0.4, 0.5) is 5.69 Å². The summed E-state index contributed by atoms with van der Waals surface area (Å²) in [4.78, 5) is 28.2. The van der Waals surface area contributed by atoms with Gasteiger partial charge in [0.2, 0.25) is 5.91 Å².